The van der Waals surface area contributed by atoms with Crippen molar-refractivity contribution < 1.29 is 8.78 Å². The highest BCUT2D eigenvalue weighted by atomic mass is 19.3. The van der Waals surface area contributed by atoms with Crippen LogP contribution < -0.4 is 0 Å². The molecule has 1 aromatic carbocycles. The normalized spacial score (nSPS) is 25.8. The molecule has 21 heavy (non-hydrogen) atoms. The van der Waals surface area contributed by atoms with E-state index in [1.54, 1.807) is 0 Å². The van der Waals surface area contributed by atoms with Crippen molar-refractivity contribution in [3.05, 3.63) is 35.5 Å². The predicted molar refractivity (Wildman–Crippen MR) is 79.5 cm³/mol. The van der Waals surface area contributed by atoms with Gasteiger partial charge in [0.1, 0.15) is 0 Å². The van der Waals surface area contributed by atoms with Crippen molar-refractivity contribution in [2.75, 3.05) is 6.54 Å². The van der Waals surface area contributed by atoms with E-state index in [1.165, 1.54) is 22.2 Å². The van der Waals surface area contributed by atoms with Crippen LogP contribution in [-0.4, -0.2) is 28.4 Å². The zero-order valence-corrected chi connectivity index (χ0v) is 12.2. The summed E-state index contributed by atoms with van der Waals surface area (Å²) in [5.41, 5.74) is 3.86. The summed E-state index contributed by atoms with van der Waals surface area (Å²) in [5, 5.41) is 1.31. The van der Waals surface area contributed by atoms with E-state index in [0.29, 0.717) is 6.04 Å². The lowest BCUT2D eigenvalue weighted by atomic mass is 9.80. The fourth-order valence-corrected chi connectivity index (χ4v) is 3.90. The molecule has 2 aromatic rings. The first-order chi connectivity index (χ1) is 10.0. The van der Waals surface area contributed by atoms with Gasteiger partial charge in [0.05, 0.1) is 0 Å². The molecule has 1 aliphatic carbocycles. The lowest BCUT2D eigenvalue weighted by Gasteiger charge is -2.41. The van der Waals surface area contributed by atoms with Gasteiger partial charge in [-0.3, -0.25) is 4.90 Å². The van der Waals surface area contributed by atoms with Gasteiger partial charge < -0.3 is 4.98 Å². The van der Waals surface area contributed by atoms with E-state index in [-0.39, 0.29) is 18.8 Å². The summed E-state index contributed by atoms with van der Waals surface area (Å²) in [6.45, 7) is 3.86. The molecule has 0 amide bonds. The minimum Gasteiger partial charge on any atom is -0.357 e. The van der Waals surface area contributed by atoms with Crippen LogP contribution in [-0.2, 0) is 13.0 Å². The van der Waals surface area contributed by atoms with E-state index in [0.717, 1.165) is 19.5 Å². The van der Waals surface area contributed by atoms with Crippen LogP contribution >= 0.6 is 0 Å². The molecule has 2 heterocycles. The highest BCUT2D eigenvalue weighted by Crippen LogP contribution is 2.43. The largest absolute Gasteiger partial charge is 0.357 e. The van der Waals surface area contributed by atoms with E-state index in [2.05, 4.69) is 35.0 Å². The van der Waals surface area contributed by atoms with Gasteiger partial charge in [0, 0.05) is 48.6 Å². The van der Waals surface area contributed by atoms with E-state index < -0.39 is 5.92 Å². The Balaban J connectivity index is 1.55. The zero-order valence-electron chi connectivity index (χ0n) is 12.2. The summed E-state index contributed by atoms with van der Waals surface area (Å²) in [6.07, 6.45) is 1.13. The topological polar surface area (TPSA) is 19.0 Å². The smallest absolute Gasteiger partial charge is 0.248 e. The number of hydrogen-bond acceptors (Lipinski definition) is 1. The maximum Gasteiger partial charge on any atom is 0.248 e. The van der Waals surface area contributed by atoms with Gasteiger partial charge in [-0.25, -0.2) is 8.78 Å². The molecule has 112 valence electrons. The molecule has 1 saturated carbocycles. The lowest BCUT2D eigenvalue weighted by Crippen LogP contribution is -2.47. The molecule has 0 radical (unpaired) electrons. The number of aromatic amines is 1. The van der Waals surface area contributed by atoms with Crippen molar-refractivity contribution in [2.45, 2.75) is 44.7 Å². The van der Waals surface area contributed by atoms with Crippen LogP contribution in [0, 0.1) is 5.92 Å². The molecular weight excluding hydrogens is 270 g/mol. The van der Waals surface area contributed by atoms with Gasteiger partial charge in [-0.2, -0.15) is 0 Å². The average Bonchev–Trinajstić information content (AvgIpc) is 2.75. The van der Waals surface area contributed by atoms with Crippen LogP contribution in [0.2, 0.25) is 0 Å². The molecule has 1 aliphatic heterocycles. The predicted octanol–water partition coefficient (Wildman–Crippen LogP) is 3.96. The maximum absolute atomic E-state index is 13.0. The number of alkyl halides is 2. The Hall–Kier alpha value is -1.42. The minimum absolute atomic E-state index is 0.0653. The molecule has 4 rings (SSSR count). The molecule has 1 aromatic heterocycles. The third-order valence-corrected chi connectivity index (χ3v) is 5.05. The number of aromatic nitrogens is 1. The number of rotatable bonds is 2. The van der Waals surface area contributed by atoms with Gasteiger partial charge in [0.25, 0.3) is 0 Å². The van der Waals surface area contributed by atoms with E-state index >= 15 is 0 Å². The number of halogens is 2. The molecule has 0 bridgehead atoms. The Morgan fingerprint density at radius 2 is 2.05 bits per heavy atom. The summed E-state index contributed by atoms with van der Waals surface area (Å²) >= 11 is 0. The Morgan fingerprint density at radius 3 is 2.81 bits per heavy atom. The van der Waals surface area contributed by atoms with E-state index in [9.17, 15) is 8.78 Å². The first kappa shape index (κ1) is 13.3. The Bertz CT molecular complexity index is 668. The summed E-state index contributed by atoms with van der Waals surface area (Å²) in [7, 11) is 0. The fraction of sp³-hybridized carbons (Fsp3) is 0.529. The molecule has 1 fully saturated rings. The second-order valence-electron chi connectivity index (χ2n) is 6.74. The number of H-pyrrole nitrogens is 1. The number of nitrogens with one attached hydrogen (secondary N) is 1. The van der Waals surface area contributed by atoms with Crippen molar-refractivity contribution in [3.8, 4) is 0 Å². The van der Waals surface area contributed by atoms with Crippen molar-refractivity contribution >= 4 is 10.9 Å². The van der Waals surface area contributed by atoms with Crippen molar-refractivity contribution in [1.29, 1.82) is 0 Å². The highest BCUT2D eigenvalue weighted by Gasteiger charge is 2.46. The van der Waals surface area contributed by atoms with Crippen LogP contribution in [0.1, 0.15) is 31.0 Å². The summed E-state index contributed by atoms with van der Waals surface area (Å²) < 4.78 is 26.0. The molecule has 0 saturated heterocycles. The molecule has 2 nitrogen and oxygen atoms in total. The second-order valence-corrected chi connectivity index (χ2v) is 6.74. The molecule has 4 heteroatoms. The fourth-order valence-electron chi connectivity index (χ4n) is 3.90. The molecule has 1 N–H and O–H groups in total. The van der Waals surface area contributed by atoms with Crippen molar-refractivity contribution in [3.63, 3.8) is 0 Å². The first-order valence-electron chi connectivity index (χ1n) is 7.72. The highest BCUT2D eigenvalue weighted by molar-refractivity contribution is 5.84. The third kappa shape index (κ3) is 2.26. The maximum atomic E-state index is 13.0. The first-order valence-corrected chi connectivity index (χ1v) is 7.72. The molecular formula is C17H20F2N2. The zero-order chi connectivity index (χ0) is 14.6. The second kappa shape index (κ2) is 4.54. The van der Waals surface area contributed by atoms with E-state index in [4.69, 9.17) is 0 Å². The molecule has 0 unspecified atom stereocenters. The summed E-state index contributed by atoms with van der Waals surface area (Å²) in [5.74, 6) is -2.25. The number of benzene rings is 1. The molecule has 2 aliphatic rings. The van der Waals surface area contributed by atoms with Gasteiger partial charge >= 0.3 is 0 Å². The van der Waals surface area contributed by atoms with Crippen LogP contribution in [0.25, 0.3) is 10.9 Å². The number of para-hydroxylation sites is 1. The van der Waals surface area contributed by atoms with Crippen molar-refractivity contribution in [2.24, 2.45) is 5.92 Å². The van der Waals surface area contributed by atoms with Gasteiger partial charge in [0.2, 0.25) is 5.92 Å². The number of fused-ring (bicyclic) bond motifs is 3. The van der Waals surface area contributed by atoms with Crippen LogP contribution in [0.3, 0.4) is 0 Å². The molecule has 1 atom stereocenters. The van der Waals surface area contributed by atoms with Gasteiger partial charge in [-0.05, 0) is 30.9 Å². The van der Waals surface area contributed by atoms with Gasteiger partial charge in [-0.1, -0.05) is 18.2 Å². The van der Waals surface area contributed by atoms with Gasteiger partial charge in [0.15, 0.2) is 0 Å². The lowest BCUT2D eigenvalue weighted by molar-refractivity contribution is -0.119. The Kier molecular flexibility index (Phi) is 2.86. The van der Waals surface area contributed by atoms with Crippen molar-refractivity contribution in [1.82, 2.24) is 9.88 Å². The molecule has 0 spiro atoms. The third-order valence-electron chi connectivity index (χ3n) is 5.05. The van der Waals surface area contributed by atoms with Crippen LogP contribution in [0.5, 0.6) is 0 Å². The quantitative estimate of drug-likeness (QED) is 0.887. The summed E-state index contributed by atoms with van der Waals surface area (Å²) in [4.78, 5) is 5.86. The van der Waals surface area contributed by atoms with Gasteiger partial charge in [-0.15, -0.1) is 0 Å². The van der Waals surface area contributed by atoms with E-state index in [1.807, 2.05) is 6.07 Å². The SMILES string of the molecule is C[C@@H]1Cc2c([nH]c3ccccc23)CN1CC1CC(F)(F)C1. The minimum atomic E-state index is -2.41. The van der Waals surface area contributed by atoms with Crippen LogP contribution in [0.4, 0.5) is 8.78 Å². The summed E-state index contributed by atoms with van der Waals surface area (Å²) in [6, 6.07) is 8.81. The average molecular weight is 290 g/mol. The van der Waals surface area contributed by atoms with Crippen LogP contribution in [0.15, 0.2) is 24.3 Å². The monoisotopic (exact) mass is 290 g/mol. The Labute approximate surface area is 123 Å². The number of nitrogens with zero attached hydrogens (tertiary/aromatic N) is 1. The number of hydrogen-bond donors (Lipinski definition) is 1. The Morgan fingerprint density at radius 1 is 1.29 bits per heavy atom. The standard InChI is InChI=1S/C17H20F2N2/c1-11-6-14-13-4-2-3-5-15(13)20-16(14)10-21(11)9-12-7-17(18,19)8-12/h2-5,11-12,20H,6-10H2,1H3/t11-/m1/s1.